The SMILES string of the molecule is CSCC[C@@H](N)C(=O)N1CC(C)C(N(C)C)C1. The van der Waals surface area contributed by atoms with E-state index < -0.39 is 0 Å². The van der Waals surface area contributed by atoms with Crippen LogP contribution in [0.2, 0.25) is 0 Å². The van der Waals surface area contributed by atoms with Gasteiger partial charge in [0.1, 0.15) is 0 Å². The minimum absolute atomic E-state index is 0.121. The zero-order valence-electron chi connectivity index (χ0n) is 11.3. The monoisotopic (exact) mass is 259 g/mol. The summed E-state index contributed by atoms with van der Waals surface area (Å²) in [6.45, 7) is 3.86. The zero-order valence-corrected chi connectivity index (χ0v) is 12.2. The van der Waals surface area contributed by atoms with Crippen LogP contribution in [0.15, 0.2) is 0 Å². The Labute approximate surface area is 109 Å². The predicted octanol–water partition coefficient (Wildman–Crippen LogP) is 0.475. The summed E-state index contributed by atoms with van der Waals surface area (Å²) in [6.07, 6.45) is 2.81. The number of hydrogen-bond donors (Lipinski definition) is 1. The van der Waals surface area contributed by atoms with Crippen LogP contribution in [0.5, 0.6) is 0 Å². The maximum absolute atomic E-state index is 12.1. The number of carbonyl (C=O) groups excluding carboxylic acids is 1. The molecule has 1 fully saturated rings. The average Bonchev–Trinajstić information content (AvgIpc) is 2.67. The first-order valence-electron chi connectivity index (χ1n) is 6.17. The molecule has 0 radical (unpaired) electrons. The number of likely N-dealkylation sites (N-methyl/N-ethyl adjacent to an activating group) is 1. The highest BCUT2D eigenvalue weighted by molar-refractivity contribution is 7.98. The van der Waals surface area contributed by atoms with Crippen LogP contribution in [0.1, 0.15) is 13.3 Å². The van der Waals surface area contributed by atoms with Crippen molar-refractivity contribution < 1.29 is 4.79 Å². The first-order valence-corrected chi connectivity index (χ1v) is 7.56. The molecule has 1 saturated heterocycles. The average molecular weight is 259 g/mol. The topological polar surface area (TPSA) is 49.6 Å². The first-order chi connectivity index (χ1) is 7.97. The zero-order chi connectivity index (χ0) is 13.0. The quantitative estimate of drug-likeness (QED) is 0.780. The van der Waals surface area contributed by atoms with Crippen LogP contribution in [0.4, 0.5) is 0 Å². The van der Waals surface area contributed by atoms with Gasteiger partial charge in [0.15, 0.2) is 0 Å². The molecule has 2 N–H and O–H groups in total. The predicted molar refractivity (Wildman–Crippen MR) is 74.2 cm³/mol. The number of nitrogens with two attached hydrogens (primary N) is 1. The smallest absolute Gasteiger partial charge is 0.239 e. The van der Waals surface area contributed by atoms with Crippen molar-refractivity contribution in [3.05, 3.63) is 0 Å². The second-order valence-corrected chi connectivity index (χ2v) is 6.13. The Balaban J connectivity index is 2.49. The molecule has 0 aromatic carbocycles. The van der Waals surface area contributed by atoms with Crippen LogP contribution in [0.3, 0.4) is 0 Å². The Hall–Kier alpha value is -0.260. The van der Waals surface area contributed by atoms with Crippen LogP contribution in [-0.2, 0) is 4.79 Å². The summed E-state index contributed by atoms with van der Waals surface area (Å²) in [5, 5.41) is 0. The Morgan fingerprint density at radius 3 is 2.65 bits per heavy atom. The van der Waals surface area contributed by atoms with Gasteiger partial charge in [-0.05, 0) is 38.4 Å². The molecule has 17 heavy (non-hydrogen) atoms. The van der Waals surface area contributed by atoms with E-state index in [2.05, 4.69) is 25.9 Å². The third-order valence-corrected chi connectivity index (χ3v) is 4.14. The Bertz CT molecular complexity index is 260. The minimum atomic E-state index is -0.324. The van der Waals surface area contributed by atoms with E-state index >= 15 is 0 Å². The lowest BCUT2D eigenvalue weighted by molar-refractivity contribution is -0.131. The number of carbonyl (C=O) groups is 1. The molecule has 0 saturated carbocycles. The molecule has 1 aliphatic rings. The second kappa shape index (κ2) is 6.61. The van der Waals surface area contributed by atoms with Gasteiger partial charge in [-0.25, -0.2) is 0 Å². The van der Waals surface area contributed by atoms with Gasteiger partial charge in [0, 0.05) is 19.1 Å². The molecule has 1 heterocycles. The number of hydrogen-bond acceptors (Lipinski definition) is 4. The third-order valence-electron chi connectivity index (χ3n) is 3.50. The highest BCUT2D eigenvalue weighted by Crippen LogP contribution is 2.20. The van der Waals surface area contributed by atoms with Gasteiger partial charge in [-0.15, -0.1) is 0 Å². The van der Waals surface area contributed by atoms with Crippen molar-refractivity contribution in [1.29, 1.82) is 0 Å². The van der Waals surface area contributed by atoms with Gasteiger partial charge in [-0.3, -0.25) is 4.79 Å². The van der Waals surface area contributed by atoms with Crippen LogP contribution in [0, 0.1) is 5.92 Å². The second-order valence-electron chi connectivity index (χ2n) is 5.14. The minimum Gasteiger partial charge on any atom is -0.339 e. The molecule has 0 aromatic heterocycles. The standard InChI is InChI=1S/C12H25N3OS/c1-9-7-15(8-11(9)14(2)3)12(16)10(13)5-6-17-4/h9-11H,5-8,13H2,1-4H3/t9?,10-,11?/m1/s1. The molecule has 0 spiro atoms. The van der Waals surface area contributed by atoms with Crippen molar-refractivity contribution in [3.63, 3.8) is 0 Å². The van der Waals surface area contributed by atoms with E-state index in [1.54, 1.807) is 11.8 Å². The van der Waals surface area contributed by atoms with Crippen LogP contribution in [0.25, 0.3) is 0 Å². The molecule has 5 heteroatoms. The van der Waals surface area contributed by atoms with Gasteiger partial charge in [0.25, 0.3) is 0 Å². The fourth-order valence-electron chi connectivity index (χ4n) is 2.40. The van der Waals surface area contributed by atoms with E-state index in [9.17, 15) is 4.79 Å². The van der Waals surface area contributed by atoms with Gasteiger partial charge in [0.05, 0.1) is 6.04 Å². The molecule has 2 unspecified atom stereocenters. The normalized spacial score (nSPS) is 26.6. The lowest BCUT2D eigenvalue weighted by atomic mass is 10.1. The number of amides is 1. The molecule has 1 aliphatic heterocycles. The number of rotatable bonds is 5. The maximum Gasteiger partial charge on any atom is 0.239 e. The van der Waals surface area contributed by atoms with E-state index in [1.807, 2.05) is 11.2 Å². The molecule has 0 aromatic rings. The van der Waals surface area contributed by atoms with E-state index in [0.29, 0.717) is 12.0 Å². The van der Waals surface area contributed by atoms with Gasteiger partial charge < -0.3 is 15.5 Å². The Morgan fingerprint density at radius 1 is 1.53 bits per heavy atom. The molecular weight excluding hydrogens is 234 g/mol. The summed E-state index contributed by atoms with van der Waals surface area (Å²) in [5.74, 6) is 1.60. The maximum atomic E-state index is 12.1. The highest BCUT2D eigenvalue weighted by Gasteiger charge is 2.35. The lowest BCUT2D eigenvalue weighted by Crippen LogP contribution is -2.44. The molecular formula is C12H25N3OS. The summed E-state index contributed by atoms with van der Waals surface area (Å²) >= 11 is 1.74. The largest absolute Gasteiger partial charge is 0.339 e. The van der Waals surface area contributed by atoms with E-state index in [-0.39, 0.29) is 11.9 Å². The van der Waals surface area contributed by atoms with Crippen LogP contribution < -0.4 is 5.73 Å². The van der Waals surface area contributed by atoms with Gasteiger partial charge in [-0.2, -0.15) is 11.8 Å². The van der Waals surface area contributed by atoms with Crippen molar-refractivity contribution in [2.24, 2.45) is 11.7 Å². The number of nitrogens with zero attached hydrogens (tertiary/aromatic N) is 2. The molecule has 100 valence electrons. The number of thioether (sulfide) groups is 1. The summed E-state index contributed by atoms with van der Waals surface area (Å²) in [6, 6.07) is 0.141. The van der Waals surface area contributed by atoms with Crippen LogP contribution in [-0.4, -0.2) is 67.0 Å². The van der Waals surface area contributed by atoms with Crippen molar-refractivity contribution >= 4 is 17.7 Å². The molecule has 1 amide bonds. The van der Waals surface area contributed by atoms with Crippen molar-refractivity contribution in [2.75, 3.05) is 39.2 Å². The van der Waals surface area contributed by atoms with Gasteiger partial charge in [0.2, 0.25) is 5.91 Å². The van der Waals surface area contributed by atoms with E-state index in [0.717, 1.165) is 25.3 Å². The van der Waals surface area contributed by atoms with E-state index in [1.165, 1.54) is 0 Å². The summed E-state index contributed by atoms with van der Waals surface area (Å²) in [7, 11) is 4.14. The summed E-state index contributed by atoms with van der Waals surface area (Å²) in [4.78, 5) is 16.3. The molecule has 0 bridgehead atoms. The molecule has 0 aliphatic carbocycles. The lowest BCUT2D eigenvalue weighted by Gasteiger charge is -2.23. The summed E-state index contributed by atoms with van der Waals surface area (Å²) < 4.78 is 0. The van der Waals surface area contributed by atoms with Crippen LogP contribution >= 0.6 is 11.8 Å². The third kappa shape index (κ3) is 3.86. The fourth-order valence-corrected chi connectivity index (χ4v) is 2.89. The summed E-state index contributed by atoms with van der Waals surface area (Å²) in [5.41, 5.74) is 5.93. The molecule has 3 atom stereocenters. The van der Waals surface area contributed by atoms with Crippen molar-refractivity contribution in [1.82, 2.24) is 9.80 Å². The fraction of sp³-hybridized carbons (Fsp3) is 0.917. The van der Waals surface area contributed by atoms with Gasteiger partial charge in [-0.1, -0.05) is 6.92 Å². The Kier molecular flexibility index (Phi) is 5.76. The Morgan fingerprint density at radius 2 is 2.18 bits per heavy atom. The molecule has 4 nitrogen and oxygen atoms in total. The van der Waals surface area contributed by atoms with E-state index in [4.69, 9.17) is 5.73 Å². The van der Waals surface area contributed by atoms with Gasteiger partial charge >= 0.3 is 0 Å². The molecule has 1 rings (SSSR count). The van der Waals surface area contributed by atoms with Crippen molar-refractivity contribution in [2.45, 2.75) is 25.4 Å². The van der Waals surface area contributed by atoms with Crippen molar-refractivity contribution in [3.8, 4) is 0 Å². The number of likely N-dealkylation sites (tertiary alicyclic amines) is 1. The first kappa shape index (κ1) is 14.8. The highest BCUT2D eigenvalue weighted by atomic mass is 32.2.